The summed E-state index contributed by atoms with van der Waals surface area (Å²) >= 11 is 5.97. The van der Waals surface area contributed by atoms with Gasteiger partial charge in [-0.1, -0.05) is 11.6 Å². The molecule has 0 unspecified atom stereocenters. The molecule has 1 saturated heterocycles. The number of esters is 1. The number of hydrogen-bond acceptors (Lipinski definition) is 5. The summed E-state index contributed by atoms with van der Waals surface area (Å²) in [7, 11) is -2.37. The largest absolute Gasteiger partial charge is 0.469 e. The van der Waals surface area contributed by atoms with Gasteiger partial charge in [-0.2, -0.15) is 4.31 Å². The van der Waals surface area contributed by atoms with Gasteiger partial charge < -0.3 is 10.5 Å². The lowest BCUT2D eigenvalue weighted by Crippen LogP contribution is -2.40. The van der Waals surface area contributed by atoms with Crippen LogP contribution in [0.1, 0.15) is 12.8 Å². The van der Waals surface area contributed by atoms with E-state index in [1.54, 1.807) is 6.07 Å². The van der Waals surface area contributed by atoms with Gasteiger partial charge in [0, 0.05) is 18.8 Å². The second-order valence-electron chi connectivity index (χ2n) is 4.89. The molecule has 0 saturated carbocycles. The SMILES string of the molecule is COC(=O)C1CCN(S(=O)(=O)c2cc(N)ccc2Cl)CC1. The Balaban J connectivity index is 2.19. The number of carbonyl (C=O) groups is 1. The number of ether oxygens (including phenoxy) is 1. The van der Waals surface area contributed by atoms with E-state index in [4.69, 9.17) is 17.3 Å². The molecule has 0 aromatic heterocycles. The summed E-state index contributed by atoms with van der Waals surface area (Å²) in [6.45, 7) is 0.514. The minimum absolute atomic E-state index is 0.000634. The number of nitrogens with two attached hydrogens (primary N) is 1. The molecule has 0 atom stereocenters. The number of anilines is 1. The van der Waals surface area contributed by atoms with E-state index in [0.717, 1.165) is 0 Å². The highest BCUT2D eigenvalue weighted by atomic mass is 35.5. The minimum atomic E-state index is -3.70. The molecule has 1 aliphatic rings. The maximum absolute atomic E-state index is 12.6. The van der Waals surface area contributed by atoms with Gasteiger partial charge in [-0.3, -0.25) is 4.79 Å². The first-order chi connectivity index (χ1) is 9.86. The second kappa shape index (κ2) is 6.21. The molecular weight excluding hydrogens is 316 g/mol. The van der Waals surface area contributed by atoms with Crippen molar-refractivity contribution in [2.45, 2.75) is 17.7 Å². The number of sulfonamides is 1. The topological polar surface area (TPSA) is 89.7 Å². The minimum Gasteiger partial charge on any atom is -0.469 e. The summed E-state index contributed by atoms with van der Waals surface area (Å²) in [5.74, 6) is -0.549. The van der Waals surface area contributed by atoms with Gasteiger partial charge in [-0.05, 0) is 31.0 Å². The van der Waals surface area contributed by atoms with E-state index in [0.29, 0.717) is 18.5 Å². The molecule has 0 aliphatic carbocycles. The van der Waals surface area contributed by atoms with Crippen molar-refractivity contribution in [1.82, 2.24) is 4.31 Å². The number of nitrogen functional groups attached to an aromatic ring is 1. The van der Waals surface area contributed by atoms with Gasteiger partial charge in [-0.15, -0.1) is 0 Å². The van der Waals surface area contributed by atoms with Crippen LogP contribution in [0.3, 0.4) is 0 Å². The van der Waals surface area contributed by atoms with Gasteiger partial charge in [0.1, 0.15) is 4.90 Å². The number of benzene rings is 1. The molecule has 8 heteroatoms. The van der Waals surface area contributed by atoms with Gasteiger partial charge in [0.2, 0.25) is 10.0 Å². The zero-order valence-corrected chi connectivity index (χ0v) is 13.2. The third-order valence-electron chi connectivity index (χ3n) is 3.56. The fraction of sp³-hybridized carbons (Fsp3) is 0.462. The Labute approximate surface area is 128 Å². The van der Waals surface area contributed by atoms with Gasteiger partial charge in [-0.25, -0.2) is 8.42 Å². The number of piperidine rings is 1. The predicted octanol–water partition coefficient (Wildman–Crippen LogP) is 1.50. The van der Waals surface area contributed by atoms with Crippen LogP contribution in [-0.4, -0.2) is 38.9 Å². The van der Waals surface area contributed by atoms with Crippen molar-refractivity contribution in [2.75, 3.05) is 25.9 Å². The quantitative estimate of drug-likeness (QED) is 0.669. The first-order valence-electron chi connectivity index (χ1n) is 6.49. The van der Waals surface area contributed by atoms with Crippen molar-refractivity contribution >= 4 is 33.3 Å². The summed E-state index contributed by atoms with van der Waals surface area (Å²) in [5, 5.41) is 0.138. The molecule has 1 aromatic carbocycles. The molecule has 1 aromatic rings. The molecule has 2 N–H and O–H groups in total. The first kappa shape index (κ1) is 16.1. The van der Waals surface area contributed by atoms with Crippen molar-refractivity contribution in [1.29, 1.82) is 0 Å². The summed E-state index contributed by atoms with van der Waals surface area (Å²) in [4.78, 5) is 11.5. The van der Waals surface area contributed by atoms with Gasteiger partial charge in [0.25, 0.3) is 0 Å². The van der Waals surface area contributed by atoms with Crippen molar-refractivity contribution < 1.29 is 17.9 Å². The molecule has 1 heterocycles. The molecule has 1 aliphatic heterocycles. The Hall–Kier alpha value is -1.31. The Morgan fingerprint density at radius 1 is 1.38 bits per heavy atom. The van der Waals surface area contributed by atoms with Crippen LogP contribution in [0.5, 0.6) is 0 Å². The smallest absolute Gasteiger partial charge is 0.308 e. The number of halogens is 1. The van der Waals surface area contributed by atoms with Crippen LogP contribution >= 0.6 is 11.6 Å². The lowest BCUT2D eigenvalue weighted by atomic mass is 9.99. The van der Waals surface area contributed by atoms with E-state index in [1.807, 2.05) is 0 Å². The van der Waals surface area contributed by atoms with Crippen LogP contribution in [0.15, 0.2) is 23.1 Å². The van der Waals surface area contributed by atoms with E-state index in [2.05, 4.69) is 4.74 Å². The van der Waals surface area contributed by atoms with Crippen LogP contribution < -0.4 is 5.73 Å². The maximum Gasteiger partial charge on any atom is 0.308 e. The summed E-state index contributed by atoms with van der Waals surface area (Å²) in [6.07, 6.45) is 0.873. The third-order valence-corrected chi connectivity index (χ3v) is 5.94. The summed E-state index contributed by atoms with van der Waals surface area (Å²) < 4.78 is 31.2. The van der Waals surface area contributed by atoms with Gasteiger partial charge in [0.05, 0.1) is 18.1 Å². The monoisotopic (exact) mass is 332 g/mol. The van der Waals surface area contributed by atoms with Gasteiger partial charge in [0.15, 0.2) is 0 Å². The first-order valence-corrected chi connectivity index (χ1v) is 8.31. The normalized spacial score (nSPS) is 17.6. The molecular formula is C13H17ClN2O4S. The lowest BCUT2D eigenvalue weighted by Gasteiger charge is -2.30. The van der Waals surface area contributed by atoms with E-state index in [9.17, 15) is 13.2 Å². The molecule has 2 rings (SSSR count). The zero-order chi connectivity index (χ0) is 15.6. The molecule has 0 bridgehead atoms. The van der Waals surface area contributed by atoms with Gasteiger partial charge >= 0.3 is 5.97 Å². The predicted molar refractivity (Wildman–Crippen MR) is 79.4 cm³/mol. The molecule has 0 amide bonds. The highest BCUT2D eigenvalue weighted by Gasteiger charge is 2.33. The van der Waals surface area contributed by atoms with Crippen LogP contribution in [0, 0.1) is 5.92 Å². The Bertz CT molecular complexity index is 640. The molecule has 0 spiro atoms. The molecule has 21 heavy (non-hydrogen) atoms. The van der Waals surface area contributed by atoms with Crippen LogP contribution in [0.2, 0.25) is 5.02 Å². The number of methoxy groups -OCH3 is 1. The molecule has 6 nitrogen and oxygen atoms in total. The summed E-state index contributed by atoms with van der Waals surface area (Å²) in [5.41, 5.74) is 5.97. The number of carbonyl (C=O) groups excluding carboxylic acids is 1. The number of hydrogen-bond donors (Lipinski definition) is 1. The van der Waals surface area contributed by atoms with E-state index < -0.39 is 10.0 Å². The fourth-order valence-electron chi connectivity index (χ4n) is 2.36. The second-order valence-corrected chi connectivity index (χ2v) is 7.20. The van der Waals surface area contributed by atoms with E-state index >= 15 is 0 Å². The number of nitrogens with zero attached hydrogens (tertiary/aromatic N) is 1. The van der Waals surface area contributed by atoms with Crippen molar-refractivity contribution in [3.8, 4) is 0 Å². The highest BCUT2D eigenvalue weighted by molar-refractivity contribution is 7.89. The number of rotatable bonds is 3. The Morgan fingerprint density at radius 3 is 2.57 bits per heavy atom. The summed E-state index contributed by atoms with van der Waals surface area (Å²) in [6, 6.07) is 4.36. The highest BCUT2D eigenvalue weighted by Crippen LogP contribution is 2.29. The van der Waals surface area contributed by atoms with E-state index in [1.165, 1.54) is 23.5 Å². The van der Waals surface area contributed by atoms with Crippen molar-refractivity contribution in [2.24, 2.45) is 5.92 Å². The molecule has 116 valence electrons. The van der Waals surface area contributed by atoms with Crippen LogP contribution in [0.25, 0.3) is 0 Å². The Morgan fingerprint density at radius 2 is 2.00 bits per heavy atom. The van der Waals surface area contributed by atoms with Crippen molar-refractivity contribution in [3.05, 3.63) is 23.2 Å². The van der Waals surface area contributed by atoms with Crippen LogP contribution in [-0.2, 0) is 19.6 Å². The molecule has 0 radical (unpaired) electrons. The average Bonchev–Trinajstić information content (AvgIpc) is 2.49. The van der Waals surface area contributed by atoms with E-state index in [-0.39, 0.29) is 34.9 Å². The third kappa shape index (κ3) is 3.30. The van der Waals surface area contributed by atoms with Crippen LogP contribution in [0.4, 0.5) is 5.69 Å². The standard InChI is InChI=1S/C13H17ClN2O4S/c1-20-13(17)9-4-6-16(7-5-9)21(18,19)12-8-10(15)2-3-11(12)14/h2-3,8-9H,4-7,15H2,1H3. The zero-order valence-electron chi connectivity index (χ0n) is 11.6. The Kier molecular flexibility index (Phi) is 4.75. The van der Waals surface area contributed by atoms with Crippen molar-refractivity contribution in [3.63, 3.8) is 0 Å². The maximum atomic E-state index is 12.6. The average molecular weight is 333 g/mol. The molecule has 1 fully saturated rings. The fourth-order valence-corrected chi connectivity index (χ4v) is 4.33. The lowest BCUT2D eigenvalue weighted by molar-refractivity contribution is -0.146.